The molecule has 28 heavy (non-hydrogen) atoms. The highest BCUT2D eigenvalue weighted by Gasteiger charge is 2.30. The van der Waals surface area contributed by atoms with Crippen LogP contribution in [-0.2, 0) is 12.7 Å². The third kappa shape index (κ3) is 7.46. The summed E-state index contributed by atoms with van der Waals surface area (Å²) in [6.07, 6.45) is -4.05. The van der Waals surface area contributed by atoms with E-state index < -0.39 is 11.7 Å². The Hall–Kier alpha value is -1.56. The van der Waals surface area contributed by atoms with Crippen LogP contribution in [0.25, 0.3) is 0 Å². The number of guanidine groups is 1. The van der Waals surface area contributed by atoms with Gasteiger partial charge in [0, 0.05) is 11.9 Å². The molecule has 0 saturated heterocycles. The molecular weight excluding hydrogens is 504 g/mol. The SMILES string of the molecule is CCC(CNC(=NC)NCc1scnc1C)Oc1cccc(C(F)(F)F)c1.I. The first-order valence-electron chi connectivity index (χ1n) is 8.50. The number of rotatable bonds is 7. The second-order valence-electron chi connectivity index (χ2n) is 5.84. The van der Waals surface area contributed by atoms with E-state index in [1.807, 2.05) is 13.8 Å². The number of aryl methyl sites for hydroxylation is 1. The maximum atomic E-state index is 12.8. The van der Waals surface area contributed by atoms with Crippen LogP contribution in [0.4, 0.5) is 13.2 Å². The van der Waals surface area contributed by atoms with Gasteiger partial charge in [0.25, 0.3) is 0 Å². The van der Waals surface area contributed by atoms with Gasteiger partial charge in [0.15, 0.2) is 5.96 Å². The second kappa shape index (κ2) is 11.4. The standard InChI is InChI=1S/C18H23F3N4OS.HI/c1-4-14(26-15-7-5-6-13(8-15)18(19,20)21)9-23-17(22-3)24-10-16-12(2)25-11-27-16;/h5-8,11,14H,4,9-10H2,1-3H3,(H2,22,23,24);1H. The van der Waals surface area contributed by atoms with Gasteiger partial charge < -0.3 is 15.4 Å². The second-order valence-corrected chi connectivity index (χ2v) is 6.78. The highest BCUT2D eigenvalue weighted by molar-refractivity contribution is 14.0. The molecule has 0 radical (unpaired) electrons. The van der Waals surface area contributed by atoms with Crippen LogP contribution in [0.2, 0.25) is 0 Å². The lowest BCUT2D eigenvalue weighted by molar-refractivity contribution is -0.137. The largest absolute Gasteiger partial charge is 0.489 e. The molecule has 1 unspecified atom stereocenters. The maximum absolute atomic E-state index is 12.8. The van der Waals surface area contributed by atoms with Gasteiger partial charge in [0.05, 0.1) is 29.9 Å². The average molecular weight is 528 g/mol. The molecule has 0 amide bonds. The van der Waals surface area contributed by atoms with Gasteiger partial charge in [-0.15, -0.1) is 35.3 Å². The zero-order valence-corrected chi connectivity index (χ0v) is 19.0. The molecular formula is C18H24F3IN4OS. The Morgan fingerprint density at radius 2 is 2.07 bits per heavy atom. The van der Waals surface area contributed by atoms with Gasteiger partial charge in [-0.25, -0.2) is 4.98 Å². The van der Waals surface area contributed by atoms with E-state index in [9.17, 15) is 13.2 Å². The quantitative estimate of drug-likeness (QED) is 0.313. The topological polar surface area (TPSA) is 58.5 Å². The van der Waals surface area contributed by atoms with Gasteiger partial charge in [-0.05, 0) is 31.5 Å². The molecule has 1 atom stereocenters. The van der Waals surface area contributed by atoms with Gasteiger partial charge in [-0.2, -0.15) is 13.2 Å². The number of thiazole rings is 1. The molecule has 156 valence electrons. The normalized spacial score (nSPS) is 12.9. The molecule has 0 aliphatic carbocycles. The third-order valence-corrected chi connectivity index (χ3v) is 4.84. The number of aromatic nitrogens is 1. The third-order valence-electron chi connectivity index (χ3n) is 3.90. The number of hydrogen-bond donors (Lipinski definition) is 2. The van der Waals surface area contributed by atoms with Crippen LogP contribution in [0.3, 0.4) is 0 Å². The lowest BCUT2D eigenvalue weighted by atomic mass is 10.2. The first-order valence-corrected chi connectivity index (χ1v) is 9.38. The van der Waals surface area contributed by atoms with Gasteiger partial charge in [-0.1, -0.05) is 13.0 Å². The molecule has 0 aliphatic heterocycles. The Balaban J connectivity index is 0.00000392. The van der Waals surface area contributed by atoms with Crippen LogP contribution in [-0.4, -0.2) is 30.6 Å². The van der Waals surface area contributed by atoms with E-state index in [1.54, 1.807) is 23.9 Å². The van der Waals surface area contributed by atoms with E-state index in [-0.39, 0.29) is 35.8 Å². The van der Waals surface area contributed by atoms with Crippen molar-refractivity contribution in [3.63, 3.8) is 0 Å². The number of nitrogens with one attached hydrogen (secondary N) is 2. The average Bonchev–Trinajstić information content (AvgIpc) is 3.05. The summed E-state index contributed by atoms with van der Waals surface area (Å²) in [6.45, 7) is 4.87. The van der Waals surface area contributed by atoms with Crippen LogP contribution in [0.15, 0.2) is 34.8 Å². The molecule has 5 nitrogen and oxygen atoms in total. The van der Waals surface area contributed by atoms with Crippen LogP contribution in [0.1, 0.15) is 29.5 Å². The summed E-state index contributed by atoms with van der Waals surface area (Å²) in [6, 6.07) is 4.91. The van der Waals surface area contributed by atoms with E-state index in [4.69, 9.17) is 4.74 Å². The number of nitrogens with zero attached hydrogens (tertiary/aromatic N) is 2. The summed E-state index contributed by atoms with van der Waals surface area (Å²) in [5.41, 5.74) is 2.04. The van der Waals surface area contributed by atoms with Crippen molar-refractivity contribution in [3.05, 3.63) is 45.9 Å². The van der Waals surface area contributed by atoms with Gasteiger partial charge in [-0.3, -0.25) is 4.99 Å². The molecule has 1 aromatic heterocycles. The number of hydrogen-bond acceptors (Lipinski definition) is 4. The van der Waals surface area contributed by atoms with Crippen molar-refractivity contribution >= 4 is 41.3 Å². The van der Waals surface area contributed by atoms with Crippen LogP contribution in [0.5, 0.6) is 5.75 Å². The summed E-state index contributed by atoms with van der Waals surface area (Å²) in [5.74, 6) is 0.788. The number of aliphatic imine (C=N–C) groups is 1. The van der Waals surface area contributed by atoms with Crippen molar-refractivity contribution in [1.82, 2.24) is 15.6 Å². The van der Waals surface area contributed by atoms with Gasteiger partial charge >= 0.3 is 6.18 Å². The van der Waals surface area contributed by atoms with E-state index in [0.717, 1.165) is 22.7 Å². The molecule has 10 heteroatoms. The van der Waals surface area contributed by atoms with E-state index in [2.05, 4.69) is 20.6 Å². The molecule has 0 bridgehead atoms. The monoisotopic (exact) mass is 528 g/mol. The Labute approximate surface area is 183 Å². The predicted molar refractivity (Wildman–Crippen MR) is 117 cm³/mol. The Morgan fingerprint density at radius 1 is 1.32 bits per heavy atom. The fourth-order valence-electron chi connectivity index (χ4n) is 2.30. The van der Waals surface area contributed by atoms with Crippen molar-refractivity contribution in [2.24, 2.45) is 4.99 Å². The van der Waals surface area contributed by atoms with E-state index in [0.29, 0.717) is 25.5 Å². The lowest BCUT2D eigenvalue weighted by Crippen LogP contribution is -2.42. The number of halogens is 4. The molecule has 1 aromatic carbocycles. The minimum absolute atomic E-state index is 0. The summed E-state index contributed by atoms with van der Waals surface area (Å²) in [7, 11) is 1.66. The fraction of sp³-hybridized carbons (Fsp3) is 0.444. The molecule has 2 rings (SSSR count). The van der Waals surface area contributed by atoms with E-state index >= 15 is 0 Å². The van der Waals surface area contributed by atoms with Crippen molar-refractivity contribution < 1.29 is 17.9 Å². The molecule has 1 heterocycles. The van der Waals surface area contributed by atoms with Crippen molar-refractivity contribution in [3.8, 4) is 5.75 Å². The Kier molecular flexibility index (Phi) is 10.0. The number of ether oxygens (including phenoxy) is 1. The molecule has 0 saturated carbocycles. The first kappa shape index (κ1) is 24.5. The summed E-state index contributed by atoms with van der Waals surface area (Å²) >= 11 is 1.56. The zero-order valence-electron chi connectivity index (χ0n) is 15.8. The zero-order chi connectivity index (χ0) is 19.9. The van der Waals surface area contributed by atoms with Gasteiger partial charge in [0.2, 0.25) is 0 Å². The van der Waals surface area contributed by atoms with E-state index in [1.165, 1.54) is 12.1 Å². The molecule has 0 fully saturated rings. The van der Waals surface area contributed by atoms with Gasteiger partial charge in [0.1, 0.15) is 11.9 Å². The summed E-state index contributed by atoms with van der Waals surface area (Å²) in [4.78, 5) is 9.46. The Morgan fingerprint density at radius 3 is 2.64 bits per heavy atom. The van der Waals surface area contributed by atoms with Crippen molar-refractivity contribution in [1.29, 1.82) is 0 Å². The van der Waals surface area contributed by atoms with Crippen LogP contribution >= 0.6 is 35.3 Å². The lowest BCUT2D eigenvalue weighted by Gasteiger charge is -2.20. The summed E-state index contributed by atoms with van der Waals surface area (Å²) < 4.78 is 44.2. The van der Waals surface area contributed by atoms with Crippen LogP contribution < -0.4 is 15.4 Å². The molecule has 2 N–H and O–H groups in total. The molecule has 0 aliphatic rings. The molecule has 2 aromatic rings. The highest BCUT2D eigenvalue weighted by Crippen LogP contribution is 2.31. The van der Waals surface area contributed by atoms with Crippen molar-refractivity contribution in [2.75, 3.05) is 13.6 Å². The predicted octanol–water partition coefficient (Wildman–Crippen LogP) is 4.61. The highest BCUT2D eigenvalue weighted by atomic mass is 127. The smallest absolute Gasteiger partial charge is 0.416 e. The Bertz CT molecular complexity index is 767. The number of alkyl halides is 3. The minimum Gasteiger partial charge on any atom is -0.489 e. The summed E-state index contributed by atoms with van der Waals surface area (Å²) in [5, 5.41) is 6.33. The molecule has 0 spiro atoms. The first-order chi connectivity index (χ1) is 12.8. The fourth-order valence-corrected chi connectivity index (χ4v) is 3.02. The van der Waals surface area contributed by atoms with Crippen molar-refractivity contribution in [2.45, 2.75) is 39.1 Å². The van der Waals surface area contributed by atoms with Crippen LogP contribution in [0, 0.1) is 6.92 Å². The maximum Gasteiger partial charge on any atom is 0.416 e. The number of benzene rings is 1. The minimum atomic E-state index is -4.39.